The van der Waals surface area contributed by atoms with Crippen molar-refractivity contribution in [1.29, 1.82) is 0 Å². The van der Waals surface area contributed by atoms with Crippen LogP contribution in [0.2, 0.25) is 0 Å². The van der Waals surface area contributed by atoms with E-state index in [-0.39, 0.29) is 36.3 Å². The van der Waals surface area contributed by atoms with E-state index < -0.39 is 0 Å². The van der Waals surface area contributed by atoms with Gasteiger partial charge < -0.3 is 56.8 Å². The van der Waals surface area contributed by atoms with Crippen molar-refractivity contribution < 1.29 is 47.5 Å². The zero-order valence-corrected chi connectivity index (χ0v) is 35.8. The van der Waals surface area contributed by atoms with Gasteiger partial charge in [0, 0.05) is 72.3 Å². The van der Waals surface area contributed by atoms with E-state index in [1.54, 1.807) is 57.7 Å². The maximum atomic E-state index is 14.4. The first kappa shape index (κ1) is 39.8. The number of aromatic nitrogens is 2. The van der Waals surface area contributed by atoms with Gasteiger partial charge in [0.15, 0.2) is 57.6 Å². The zero-order valence-electron chi connectivity index (χ0n) is 35.8. The molecular weight excluding hydrogens is 825 g/mol. The van der Waals surface area contributed by atoms with E-state index in [1.165, 1.54) is 28.4 Å². The molecule has 5 aliphatic rings. The molecule has 6 aromatic rings. The van der Waals surface area contributed by atoms with Crippen LogP contribution in [0.15, 0.2) is 58.1 Å². The topological polar surface area (TPSA) is 158 Å². The molecule has 5 heterocycles. The van der Waals surface area contributed by atoms with Crippen molar-refractivity contribution in [2.24, 2.45) is 0 Å². The van der Waals surface area contributed by atoms with Gasteiger partial charge in [-0.2, -0.15) is 0 Å². The lowest BCUT2D eigenvalue weighted by molar-refractivity contribution is 0.103. The number of piperazine rings is 1. The Morgan fingerprint density at radius 3 is 1.11 bits per heavy atom. The van der Waals surface area contributed by atoms with Crippen molar-refractivity contribution in [2.75, 3.05) is 81.3 Å². The summed E-state index contributed by atoms with van der Waals surface area (Å²) in [6.45, 7) is 5.73. The predicted octanol–water partition coefficient (Wildman–Crippen LogP) is 5.33. The lowest BCUT2D eigenvalue weighted by atomic mass is 10.0. The molecule has 0 bridgehead atoms. The summed E-state index contributed by atoms with van der Waals surface area (Å²) >= 11 is 0. The molecule has 64 heavy (non-hydrogen) atoms. The van der Waals surface area contributed by atoms with Crippen LogP contribution >= 0.6 is 0 Å². The lowest BCUT2D eigenvalue weighted by Crippen LogP contribution is -2.47. The second-order valence-corrected chi connectivity index (χ2v) is 16.4. The standard InChI is InChI=1S/C48H44N4O12/c1-57-33-15-25-31(21-35(33)59-3)47(55)51(43-27-17-37-39(63-23-61-37)19-29(27)45(53)41(25)43)9-5-7-49-11-13-50(14-12-49)8-6-10-52-44-28-18-38-40(64-24-62-38)20-30(28)46(54)42(44)26-16-34(58-2)36(60-4)22-32(26)48(52)56/h15-22H,5-14,23-24H2,1-4H3. The average molecular weight is 869 g/mol. The smallest absolute Gasteiger partial charge is 0.259 e. The Bertz CT molecular complexity index is 2920. The van der Waals surface area contributed by atoms with Crippen molar-refractivity contribution in [2.45, 2.75) is 25.9 Å². The number of carbonyl (C=O) groups excluding carboxylic acids is 2. The molecule has 0 N–H and O–H groups in total. The van der Waals surface area contributed by atoms with E-state index in [0.717, 1.165) is 39.3 Å². The number of fused-ring (bicyclic) bond motifs is 12. The van der Waals surface area contributed by atoms with Gasteiger partial charge >= 0.3 is 0 Å². The minimum atomic E-state index is -0.216. The molecule has 328 valence electrons. The number of hydrogen-bond donors (Lipinski definition) is 0. The highest BCUT2D eigenvalue weighted by atomic mass is 16.7. The molecule has 3 aliphatic heterocycles. The SMILES string of the molecule is COc1cc2c3c(n(CCCN4CCN(CCCn5c6c(c7cc(OC)c(OC)cc7c5=O)C(=O)c5cc7c(cc5-6)OCO7)CC4)c(=O)c2cc1OC)-c1cc2c(cc1C3=O)OCO2. The van der Waals surface area contributed by atoms with Crippen LogP contribution in [-0.2, 0) is 13.1 Å². The quantitative estimate of drug-likeness (QED) is 0.155. The van der Waals surface area contributed by atoms with Crippen molar-refractivity contribution in [3.05, 3.63) is 91.5 Å². The Balaban J connectivity index is 0.806. The van der Waals surface area contributed by atoms with E-state index in [2.05, 4.69) is 9.80 Å². The molecule has 0 radical (unpaired) electrons. The first-order valence-corrected chi connectivity index (χ1v) is 21.3. The van der Waals surface area contributed by atoms with Crippen LogP contribution < -0.4 is 49.0 Å². The molecule has 0 amide bonds. The van der Waals surface area contributed by atoms with E-state index in [0.29, 0.717) is 138 Å². The van der Waals surface area contributed by atoms with Crippen LogP contribution in [-0.4, -0.2) is 112 Å². The largest absolute Gasteiger partial charge is 0.493 e. The normalized spacial score (nSPS) is 15.8. The second kappa shape index (κ2) is 15.3. The lowest BCUT2D eigenvalue weighted by Gasteiger charge is -2.34. The van der Waals surface area contributed by atoms with Gasteiger partial charge in [-0.15, -0.1) is 0 Å². The van der Waals surface area contributed by atoms with Crippen LogP contribution in [0, 0.1) is 0 Å². The molecule has 1 saturated heterocycles. The summed E-state index contributed by atoms with van der Waals surface area (Å²) in [6.07, 6.45) is 1.35. The van der Waals surface area contributed by atoms with Crippen molar-refractivity contribution in [3.63, 3.8) is 0 Å². The van der Waals surface area contributed by atoms with Gasteiger partial charge in [-0.1, -0.05) is 0 Å². The fourth-order valence-corrected chi connectivity index (χ4v) is 10.1. The van der Waals surface area contributed by atoms with E-state index in [9.17, 15) is 19.2 Å². The van der Waals surface area contributed by atoms with Gasteiger partial charge in [0.2, 0.25) is 13.6 Å². The molecule has 2 aromatic heterocycles. The maximum absolute atomic E-state index is 14.4. The molecule has 0 unspecified atom stereocenters. The highest BCUT2D eigenvalue weighted by molar-refractivity contribution is 6.28. The first-order valence-electron chi connectivity index (χ1n) is 21.3. The zero-order chi connectivity index (χ0) is 44.0. The van der Waals surface area contributed by atoms with Gasteiger partial charge in [-0.05, 0) is 74.5 Å². The molecule has 4 aromatic carbocycles. The third-order valence-electron chi connectivity index (χ3n) is 13.2. The molecule has 0 spiro atoms. The molecule has 0 saturated carbocycles. The Morgan fingerprint density at radius 1 is 0.438 bits per heavy atom. The van der Waals surface area contributed by atoms with Crippen molar-refractivity contribution in [3.8, 4) is 68.5 Å². The van der Waals surface area contributed by atoms with E-state index in [1.807, 2.05) is 0 Å². The Hall–Kier alpha value is -7.04. The van der Waals surface area contributed by atoms with Crippen molar-refractivity contribution in [1.82, 2.24) is 18.9 Å². The summed E-state index contributed by atoms with van der Waals surface area (Å²) < 4.78 is 48.3. The molecule has 1 fully saturated rings. The van der Waals surface area contributed by atoms with Crippen molar-refractivity contribution >= 4 is 33.1 Å². The number of methoxy groups -OCH3 is 4. The van der Waals surface area contributed by atoms with Gasteiger partial charge in [0.1, 0.15) is 0 Å². The van der Waals surface area contributed by atoms with E-state index >= 15 is 0 Å². The fraction of sp³-hybridized carbons (Fsp3) is 0.333. The summed E-state index contributed by atoms with van der Waals surface area (Å²) in [5, 5.41) is 1.78. The third-order valence-corrected chi connectivity index (χ3v) is 13.2. The Labute approximate surface area is 365 Å². The van der Waals surface area contributed by atoms with Gasteiger partial charge in [-0.25, -0.2) is 0 Å². The number of ether oxygens (including phenoxy) is 8. The van der Waals surface area contributed by atoms with Crippen LogP contribution in [0.25, 0.3) is 44.1 Å². The highest BCUT2D eigenvalue weighted by Gasteiger charge is 2.38. The summed E-state index contributed by atoms with van der Waals surface area (Å²) in [7, 11) is 6.09. The van der Waals surface area contributed by atoms with Crippen LogP contribution in [0.1, 0.15) is 44.7 Å². The molecular formula is C48H44N4O12. The van der Waals surface area contributed by atoms with Gasteiger partial charge in [0.25, 0.3) is 11.1 Å². The molecule has 16 heteroatoms. The van der Waals surface area contributed by atoms with E-state index in [4.69, 9.17) is 37.9 Å². The van der Waals surface area contributed by atoms with Gasteiger partial charge in [-0.3, -0.25) is 19.2 Å². The number of rotatable bonds is 12. The minimum Gasteiger partial charge on any atom is -0.493 e. The summed E-state index contributed by atoms with van der Waals surface area (Å²) in [5.41, 5.74) is 3.82. The van der Waals surface area contributed by atoms with Crippen LogP contribution in [0.5, 0.6) is 46.0 Å². The third kappa shape index (κ3) is 6.03. The molecule has 11 rings (SSSR count). The average Bonchev–Trinajstić information content (AvgIpc) is 4.11. The Kier molecular flexibility index (Phi) is 9.54. The maximum Gasteiger partial charge on any atom is 0.259 e. The van der Waals surface area contributed by atoms with Gasteiger partial charge in [0.05, 0.1) is 61.7 Å². The fourth-order valence-electron chi connectivity index (χ4n) is 10.1. The number of carbonyl (C=O) groups is 2. The molecule has 0 atom stereocenters. The summed E-state index contributed by atoms with van der Waals surface area (Å²) in [5.74, 6) is 3.36. The van der Waals surface area contributed by atoms with Crippen LogP contribution in [0.3, 0.4) is 0 Å². The highest BCUT2D eigenvalue weighted by Crippen LogP contribution is 2.49. The molecule has 2 aliphatic carbocycles. The number of ketones is 2. The second-order valence-electron chi connectivity index (χ2n) is 16.4. The summed E-state index contributed by atoms with van der Waals surface area (Å²) in [4.78, 5) is 61.8. The number of hydrogen-bond acceptors (Lipinski definition) is 14. The number of nitrogens with zero attached hydrogens (tertiary/aromatic N) is 4. The number of pyridine rings is 2. The Morgan fingerprint density at radius 2 is 0.766 bits per heavy atom. The summed E-state index contributed by atoms with van der Waals surface area (Å²) in [6, 6.07) is 13.7. The first-order chi connectivity index (χ1) is 31.2. The monoisotopic (exact) mass is 868 g/mol. The predicted molar refractivity (Wildman–Crippen MR) is 235 cm³/mol. The molecule has 16 nitrogen and oxygen atoms in total. The van der Waals surface area contributed by atoms with Crippen LogP contribution in [0.4, 0.5) is 0 Å². The minimum absolute atomic E-state index is 0.0673. The number of benzene rings is 4.